The van der Waals surface area contributed by atoms with E-state index in [1.165, 1.54) is 5.56 Å². The third kappa shape index (κ3) is 4.63. The fourth-order valence-corrected chi connectivity index (χ4v) is 5.20. The molecule has 2 aromatic heterocycles. The lowest BCUT2D eigenvalue weighted by atomic mass is 10.0. The number of piperazine rings is 1. The number of hydrogen-bond acceptors (Lipinski definition) is 6. The van der Waals surface area contributed by atoms with Gasteiger partial charge in [-0.15, -0.1) is 5.10 Å². The molecule has 5 rings (SSSR count). The Morgan fingerprint density at radius 2 is 1.75 bits per heavy atom. The van der Waals surface area contributed by atoms with Gasteiger partial charge in [0.2, 0.25) is 0 Å². The molecule has 1 saturated heterocycles. The molecule has 3 heterocycles. The molecular formula is C27H32ClN7O. The van der Waals surface area contributed by atoms with Crippen LogP contribution in [0.3, 0.4) is 0 Å². The molecular weight excluding hydrogens is 474 g/mol. The number of pyridine rings is 1. The van der Waals surface area contributed by atoms with Gasteiger partial charge in [0.15, 0.2) is 5.82 Å². The third-order valence-electron chi connectivity index (χ3n) is 6.89. The van der Waals surface area contributed by atoms with Gasteiger partial charge in [-0.3, -0.25) is 9.69 Å². The standard InChI is InChI=1S/C27H32ClN7O/c1-17-6-9-22-19(14-17)15-21(26(36)29-22)24(25-30-31-32-35(25)27(3,4)5)34-12-10-33(11-13-34)23-16-20(28)8-7-18(23)2/h6-9,14-16,24H,10-13H2,1-5H3,(H,29,36)/t24-/m0/s1. The maximum Gasteiger partial charge on any atom is 0.253 e. The monoisotopic (exact) mass is 505 g/mol. The zero-order chi connectivity index (χ0) is 25.6. The second kappa shape index (κ2) is 9.33. The molecule has 1 aliphatic heterocycles. The zero-order valence-corrected chi connectivity index (χ0v) is 22.2. The Kier molecular flexibility index (Phi) is 6.34. The summed E-state index contributed by atoms with van der Waals surface area (Å²) in [5.74, 6) is 0.674. The Morgan fingerprint density at radius 1 is 1.00 bits per heavy atom. The maximum atomic E-state index is 13.4. The third-order valence-corrected chi connectivity index (χ3v) is 7.12. The van der Waals surface area contributed by atoms with E-state index in [2.05, 4.69) is 77.1 Å². The van der Waals surface area contributed by atoms with E-state index in [1.54, 1.807) is 0 Å². The second-order valence-corrected chi connectivity index (χ2v) is 11.1. The number of tetrazole rings is 1. The van der Waals surface area contributed by atoms with E-state index in [-0.39, 0.29) is 17.1 Å². The summed E-state index contributed by atoms with van der Waals surface area (Å²) in [4.78, 5) is 21.2. The molecule has 0 spiro atoms. The molecule has 0 bridgehead atoms. The highest BCUT2D eigenvalue weighted by Gasteiger charge is 2.35. The molecule has 0 saturated carbocycles. The minimum atomic E-state index is -0.379. The van der Waals surface area contributed by atoms with E-state index in [0.717, 1.165) is 53.4 Å². The smallest absolute Gasteiger partial charge is 0.253 e. The molecule has 0 amide bonds. The summed E-state index contributed by atoms with van der Waals surface area (Å²) in [6.07, 6.45) is 0. The van der Waals surface area contributed by atoms with Crippen LogP contribution in [-0.2, 0) is 5.54 Å². The van der Waals surface area contributed by atoms with Crippen molar-refractivity contribution >= 4 is 28.2 Å². The van der Waals surface area contributed by atoms with Crippen LogP contribution in [0.15, 0.2) is 47.3 Å². The molecule has 0 radical (unpaired) electrons. The molecule has 36 heavy (non-hydrogen) atoms. The molecule has 9 heteroatoms. The molecule has 1 aliphatic rings. The van der Waals surface area contributed by atoms with Gasteiger partial charge in [0.1, 0.15) is 6.04 Å². The lowest BCUT2D eigenvalue weighted by Gasteiger charge is -2.40. The van der Waals surface area contributed by atoms with E-state index in [9.17, 15) is 4.79 Å². The largest absolute Gasteiger partial charge is 0.369 e. The van der Waals surface area contributed by atoms with Gasteiger partial charge in [0.05, 0.1) is 5.54 Å². The number of aromatic nitrogens is 5. The molecule has 188 valence electrons. The first kappa shape index (κ1) is 24.5. The molecule has 0 aliphatic carbocycles. The quantitative estimate of drug-likeness (QED) is 0.441. The van der Waals surface area contributed by atoms with Crippen LogP contribution in [0.25, 0.3) is 10.9 Å². The first-order valence-corrected chi connectivity index (χ1v) is 12.7. The summed E-state index contributed by atoms with van der Waals surface area (Å²) >= 11 is 6.30. The Morgan fingerprint density at radius 3 is 2.47 bits per heavy atom. The Labute approximate surface area is 215 Å². The van der Waals surface area contributed by atoms with E-state index < -0.39 is 0 Å². The molecule has 8 nitrogen and oxygen atoms in total. The van der Waals surface area contributed by atoms with Crippen molar-refractivity contribution in [3.63, 3.8) is 0 Å². The van der Waals surface area contributed by atoms with E-state index in [4.69, 9.17) is 11.6 Å². The number of aryl methyl sites for hydroxylation is 2. The van der Waals surface area contributed by atoms with Crippen LogP contribution in [0.1, 0.15) is 49.3 Å². The molecule has 4 aromatic rings. The highest BCUT2D eigenvalue weighted by atomic mass is 35.5. The molecule has 2 aromatic carbocycles. The average Bonchev–Trinajstić information content (AvgIpc) is 3.32. The summed E-state index contributed by atoms with van der Waals surface area (Å²) in [6, 6.07) is 13.7. The zero-order valence-electron chi connectivity index (χ0n) is 21.4. The van der Waals surface area contributed by atoms with Crippen LogP contribution in [0.4, 0.5) is 5.69 Å². The fraction of sp³-hybridized carbons (Fsp3) is 0.407. The highest BCUT2D eigenvalue weighted by Crippen LogP contribution is 2.32. The van der Waals surface area contributed by atoms with Crippen molar-refractivity contribution in [2.45, 2.75) is 46.2 Å². The summed E-state index contributed by atoms with van der Waals surface area (Å²) in [6.45, 7) is 13.5. The summed E-state index contributed by atoms with van der Waals surface area (Å²) in [7, 11) is 0. The number of halogens is 1. The number of benzene rings is 2. The van der Waals surface area contributed by atoms with Gasteiger partial charge in [-0.25, -0.2) is 4.68 Å². The Balaban J connectivity index is 1.56. The lowest BCUT2D eigenvalue weighted by Crippen LogP contribution is -2.49. The van der Waals surface area contributed by atoms with Crippen molar-refractivity contribution in [1.82, 2.24) is 30.1 Å². The van der Waals surface area contributed by atoms with Crippen LogP contribution in [0.2, 0.25) is 5.02 Å². The second-order valence-electron chi connectivity index (χ2n) is 10.6. The Bertz CT molecular complexity index is 1460. The average molecular weight is 506 g/mol. The van der Waals surface area contributed by atoms with Gasteiger partial charge in [-0.1, -0.05) is 29.3 Å². The summed E-state index contributed by atoms with van der Waals surface area (Å²) < 4.78 is 1.84. The number of nitrogens with zero attached hydrogens (tertiary/aromatic N) is 6. The minimum Gasteiger partial charge on any atom is -0.369 e. The number of rotatable bonds is 4. The number of hydrogen-bond donors (Lipinski definition) is 1. The van der Waals surface area contributed by atoms with Crippen LogP contribution in [0, 0.1) is 13.8 Å². The molecule has 1 atom stereocenters. The van der Waals surface area contributed by atoms with E-state index >= 15 is 0 Å². The molecule has 1 fully saturated rings. The van der Waals surface area contributed by atoms with Crippen molar-refractivity contribution in [1.29, 1.82) is 0 Å². The van der Waals surface area contributed by atoms with Gasteiger partial charge >= 0.3 is 0 Å². The van der Waals surface area contributed by atoms with E-state index in [0.29, 0.717) is 11.4 Å². The highest BCUT2D eigenvalue weighted by molar-refractivity contribution is 6.30. The number of nitrogens with one attached hydrogen (secondary N) is 1. The number of H-pyrrole nitrogens is 1. The first-order chi connectivity index (χ1) is 17.1. The minimum absolute atomic E-state index is 0.118. The van der Waals surface area contributed by atoms with Gasteiger partial charge in [0, 0.05) is 48.0 Å². The predicted molar refractivity (Wildman–Crippen MR) is 144 cm³/mol. The normalized spacial score (nSPS) is 16.0. The van der Waals surface area contributed by atoms with Gasteiger partial charge in [-0.05, 0) is 86.3 Å². The predicted octanol–water partition coefficient (Wildman–Crippen LogP) is 4.45. The number of fused-ring (bicyclic) bond motifs is 1. The van der Waals surface area contributed by atoms with Crippen molar-refractivity contribution in [2.75, 3.05) is 31.1 Å². The SMILES string of the molecule is Cc1ccc2[nH]c(=O)c([C@@H](c3nnnn3C(C)(C)C)N3CCN(c4cc(Cl)ccc4C)CC3)cc2c1. The first-order valence-electron chi connectivity index (χ1n) is 12.3. The van der Waals surface area contributed by atoms with Crippen molar-refractivity contribution in [3.8, 4) is 0 Å². The van der Waals surface area contributed by atoms with Crippen LogP contribution < -0.4 is 10.5 Å². The summed E-state index contributed by atoms with van der Waals surface area (Å²) in [5.41, 5.74) is 4.51. The van der Waals surface area contributed by atoms with Crippen LogP contribution >= 0.6 is 11.6 Å². The van der Waals surface area contributed by atoms with Crippen molar-refractivity contribution in [3.05, 3.63) is 80.4 Å². The van der Waals surface area contributed by atoms with Crippen LogP contribution in [0.5, 0.6) is 0 Å². The van der Waals surface area contributed by atoms with Gasteiger partial charge in [-0.2, -0.15) is 0 Å². The maximum absolute atomic E-state index is 13.4. The topological polar surface area (TPSA) is 82.9 Å². The van der Waals surface area contributed by atoms with Gasteiger partial charge < -0.3 is 9.88 Å². The number of aromatic amines is 1. The van der Waals surface area contributed by atoms with E-state index in [1.807, 2.05) is 35.0 Å². The lowest BCUT2D eigenvalue weighted by molar-refractivity contribution is 0.190. The number of anilines is 1. The Hall–Kier alpha value is -3.23. The molecule has 0 unspecified atom stereocenters. The fourth-order valence-electron chi connectivity index (χ4n) is 5.03. The molecule has 1 N–H and O–H groups in total. The van der Waals surface area contributed by atoms with Crippen LogP contribution in [-0.4, -0.2) is 56.3 Å². The van der Waals surface area contributed by atoms with Crippen molar-refractivity contribution in [2.24, 2.45) is 0 Å². The van der Waals surface area contributed by atoms with Crippen molar-refractivity contribution < 1.29 is 0 Å². The summed E-state index contributed by atoms with van der Waals surface area (Å²) in [5, 5.41) is 14.5. The van der Waals surface area contributed by atoms with Gasteiger partial charge in [0.25, 0.3) is 5.56 Å².